The van der Waals surface area contributed by atoms with Crippen molar-refractivity contribution in [2.24, 2.45) is 11.1 Å². The summed E-state index contributed by atoms with van der Waals surface area (Å²) in [7, 11) is 2.13. The van der Waals surface area contributed by atoms with Gasteiger partial charge in [-0.1, -0.05) is 39.0 Å². The molecular weight excluding hydrogens is 196 g/mol. The van der Waals surface area contributed by atoms with E-state index in [4.69, 9.17) is 5.73 Å². The highest BCUT2D eigenvalue weighted by atomic mass is 15.1. The Morgan fingerprint density at radius 1 is 1.25 bits per heavy atom. The monoisotopic (exact) mass is 220 g/mol. The summed E-state index contributed by atoms with van der Waals surface area (Å²) >= 11 is 0. The number of hydrogen-bond donors (Lipinski definition) is 1. The second kappa shape index (κ2) is 4.88. The third kappa shape index (κ3) is 3.53. The van der Waals surface area contributed by atoms with E-state index in [0.29, 0.717) is 5.41 Å². The van der Waals surface area contributed by atoms with Crippen molar-refractivity contribution in [3.05, 3.63) is 29.8 Å². The summed E-state index contributed by atoms with van der Waals surface area (Å²) in [6.07, 6.45) is 0. The van der Waals surface area contributed by atoms with E-state index < -0.39 is 0 Å². The van der Waals surface area contributed by atoms with Crippen LogP contribution in [-0.4, -0.2) is 13.6 Å². The highest BCUT2D eigenvalue weighted by Crippen LogP contribution is 2.26. The van der Waals surface area contributed by atoms with Crippen LogP contribution >= 0.6 is 0 Å². The van der Waals surface area contributed by atoms with Gasteiger partial charge in [0.05, 0.1) is 0 Å². The van der Waals surface area contributed by atoms with E-state index in [9.17, 15) is 0 Å². The molecule has 0 amide bonds. The molecule has 0 aliphatic carbocycles. The molecule has 1 aromatic carbocycles. The van der Waals surface area contributed by atoms with Crippen LogP contribution in [0.2, 0.25) is 0 Å². The van der Waals surface area contributed by atoms with Crippen molar-refractivity contribution < 1.29 is 0 Å². The molecular formula is C14H24N2. The summed E-state index contributed by atoms with van der Waals surface area (Å²) in [4.78, 5) is 2.29. The second-order valence-electron chi connectivity index (χ2n) is 5.76. The predicted molar refractivity (Wildman–Crippen MR) is 71.8 cm³/mol. The van der Waals surface area contributed by atoms with Crippen LogP contribution in [0.25, 0.3) is 0 Å². The average molecular weight is 220 g/mol. The molecule has 2 nitrogen and oxygen atoms in total. The normalized spacial score (nSPS) is 13.6. The maximum absolute atomic E-state index is 5.99. The smallest absolute Gasteiger partial charge is 0.0412 e. The van der Waals surface area contributed by atoms with Crippen LogP contribution in [-0.2, 0) is 0 Å². The van der Waals surface area contributed by atoms with Crippen LogP contribution < -0.4 is 10.6 Å². The van der Waals surface area contributed by atoms with Crippen molar-refractivity contribution in [3.8, 4) is 0 Å². The van der Waals surface area contributed by atoms with E-state index in [0.717, 1.165) is 6.54 Å². The van der Waals surface area contributed by atoms with Gasteiger partial charge in [0.15, 0.2) is 0 Å². The van der Waals surface area contributed by atoms with E-state index in [1.807, 2.05) is 13.0 Å². The van der Waals surface area contributed by atoms with Crippen LogP contribution in [0.5, 0.6) is 0 Å². The Labute approximate surface area is 99.5 Å². The van der Waals surface area contributed by atoms with Crippen LogP contribution in [0.4, 0.5) is 5.69 Å². The zero-order chi connectivity index (χ0) is 12.3. The van der Waals surface area contributed by atoms with Crippen molar-refractivity contribution in [1.82, 2.24) is 0 Å². The standard InChI is InChI=1S/C14H24N2/c1-11(15)12-8-6-7-9-13(12)16(5)10-14(2,3)4/h6-9,11H,10,15H2,1-5H3. The lowest BCUT2D eigenvalue weighted by Gasteiger charge is -2.30. The Morgan fingerprint density at radius 2 is 1.81 bits per heavy atom. The van der Waals surface area contributed by atoms with E-state index >= 15 is 0 Å². The Kier molecular flexibility index (Phi) is 3.98. The van der Waals surface area contributed by atoms with Crippen molar-refractivity contribution in [2.75, 3.05) is 18.5 Å². The number of nitrogens with two attached hydrogens (primary N) is 1. The molecule has 1 aromatic rings. The summed E-state index contributed by atoms with van der Waals surface area (Å²) in [6.45, 7) is 9.80. The van der Waals surface area contributed by atoms with Crippen LogP contribution in [0.1, 0.15) is 39.3 Å². The zero-order valence-corrected chi connectivity index (χ0v) is 11.1. The van der Waals surface area contributed by atoms with E-state index in [1.165, 1.54) is 11.3 Å². The zero-order valence-electron chi connectivity index (χ0n) is 11.1. The van der Waals surface area contributed by atoms with Crippen LogP contribution in [0.3, 0.4) is 0 Å². The summed E-state index contributed by atoms with van der Waals surface area (Å²) < 4.78 is 0. The highest BCUT2D eigenvalue weighted by Gasteiger charge is 2.16. The Hall–Kier alpha value is -1.02. The van der Waals surface area contributed by atoms with Crippen LogP contribution in [0, 0.1) is 5.41 Å². The molecule has 0 aromatic heterocycles. The minimum absolute atomic E-state index is 0.0821. The van der Waals surface area contributed by atoms with Gasteiger partial charge in [0.25, 0.3) is 0 Å². The molecule has 0 heterocycles. The minimum Gasteiger partial charge on any atom is -0.374 e. The first-order chi connectivity index (χ1) is 7.31. The summed E-state index contributed by atoms with van der Waals surface area (Å²) in [5, 5.41) is 0. The fourth-order valence-electron chi connectivity index (χ4n) is 2.02. The molecule has 16 heavy (non-hydrogen) atoms. The first-order valence-corrected chi connectivity index (χ1v) is 5.87. The molecule has 0 saturated heterocycles. The topological polar surface area (TPSA) is 29.3 Å². The summed E-state index contributed by atoms with van der Waals surface area (Å²) in [6, 6.07) is 8.45. The molecule has 0 bridgehead atoms. The molecule has 0 fully saturated rings. The number of anilines is 1. The summed E-state index contributed by atoms with van der Waals surface area (Å²) in [5.41, 5.74) is 8.74. The van der Waals surface area contributed by atoms with Crippen molar-refractivity contribution in [1.29, 1.82) is 0 Å². The van der Waals surface area contributed by atoms with Crippen molar-refractivity contribution in [2.45, 2.75) is 33.7 Å². The molecule has 2 N–H and O–H groups in total. The van der Waals surface area contributed by atoms with Gasteiger partial charge >= 0.3 is 0 Å². The van der Waals surface area contributed by atoms with E-state index in [2.05, 4.69) is 50.9 Å². The Morgan fingerprint density at radius 3 is 2.31 bits per heavy atom. The molecule has 1 unspecified atom stereocenters. The van der Waals surface area contributed by atoms with Gasteiger partial charge in [-0.25, -0.2) is 0 Å². The first-order valence-electron chi connectivity index (χ1n) is 5.87. The molecule has 0 saturated carbocycles. The van der Waals surface area contributed by atoms with Gasteiger partial charge in [-0.3, -0.25) is 0 Å². The Bertz CT molecular complexity index is 337. The Balaban J connectivity index is 2.95. The van der Waals surface area contributed by atoms with Gasteiger partial charge < -0.3 is 10.6 Å². The first kappa shape index (κ1) is 13.0. The molecule has 2 heteroatoms. The number of hydrogen-bond acceptors (Lipinski definition) is 2. The average Bonchev–Trinajstić information content (AvgIpc) is 2.15. The van der Waals surface area contributed by atoms with Gasteiger partial charge in [-0.15, -0.1) is 0 Å². The van der Waals surface area contributed by atoms with Gasteiger partial charge in [0, 0.05) is 25.3 Å². The molecule has 1 atom stereocenters. The molecule has 90 valence electrons. The predicted octanol–water partition coefficient (Wildman–Crippen LogP) is 3.19. The third-order valence-corrected chi connectivity index (χ3v) is 2.55. The number of rotatable bonds is 3. The lowest BCUT2D eigenvalue weighted by Crippen LogP contribution is -2.30. The quantitative estimate of drug-likeness (QED) is 0.847. The number of benzene rings is 1. The minimum atomic E-state index is 0.0821. The number of para-hydroxylation sites is 1. The van der Waals surface area contributed by atoms with Gasteiger partial charge in [-0.2, -0.15) is 0 Å². The van der Waals surface area contributed by atoms with Crippen LogP contribution in [0.15, 0.2) is 24.3 Å². The molecule has 0 spiro atoms. The number of nitrogens with zero attached hydrogens (tertiary/aromatic N) is 1. The lowest BCUT2D eigenvalue weighted by atomic mass is 9.95. The van der Waals surface area contributed by atoms with Gasteiger partial charge in [0.2, 0.25) is 0 Å². The maximum Gasteiger partial charge on any atom is 0.0412 e. The SMILES string of the molecule is CC(N)c1ccccc1N(C)CC(C)(C)C. The van der Waals surface area contributed by atoms with Gasteiger partial charge in [0.1, 0.15) is 0 Å². The van der Waals surface area contributed by atoms with Crippen molar-refractivity contribution in [3.63, 3.8) is 0 Å². The molecule has 0 aliphatic rings. The lowest BCUT2D eigenvalue weighted by molar-refractivity contribution is 0.418. The molecule has 0 aliphatic heterocycles. The highest BCUT2D eigenvalue weighted by molar-refractivity contribution is 5.54. The van der Waals surface area contributed by atoms with E-state index in [-0.39, 0.29) is 6.04 Å². The van der Waals surface area contributed by atoms with E-state index in [1.54, 1.807) is 0 Å². The third-order valence-electron chi connectivity index (χ3n) is 2.55. The summed E-state index contributed by atoms with van der Waals surface area (Å²) in [5.74, 6) is 0. The second-order valence-corrected chi connectivity index (χ2v) is 5.76. The maximum atomic E-state index is 5.99. The molecule has 0 radical (unpaired) electrons. The fourth-order valence-corrected chi connectivity index (χ4v) is 2.02. The largest absolute Gasteiger partial charge is 0.374 e. The van der Waals surface area contributed by atoms with Gasteiger partial charge in [-0.05, 0) is 24.0 Å². The fraction of sp³-hybridized carbons (Fsp3) is 0.571. The molecule has 1 rings (SSSR count). The van der Waals surface area contributed by atoms with Crippen molar-refractivity contribution >= 4 is 5.69 Å².